The zero-order chi connectivity index (χ0) is 14.3. The van der Waals surface area contributed by atoms with Crippen molar-refractivity contribution >= 4 is 5.91 Å². The summed E-state index contributed by atoms with van der Waals surface area (Å²) in [6, 6.07) is 11.0. The summed E-state index contributed by atoms with van der Waals surface area (Å²) in [5.74, 6) is 0.256. The van der Waals surface area contributed by atoms with E-state index in [1.165, 1.54) is 50.8 Å². The Morgan fingerprint density at radius 1 is 1.00 bits per heavy atom. The van der Waals surface area contributed by atoms with E-state index >= 15 is 0 Å². The van der Waals surface area contributed by atoms with E-state index in [1.807, 2.05) is 0 Å². The Morgan fingerprint density at radius 3 is 2.24 bits per heavy atom. The van der Waals surface area contributed by atoms with E-state index in [0.29, 0.717) is 0 Å². The molecule has 21 heavy (non-hydrogen) atoms. The Morgan fingerprint density at radius 2 is 1.71 bits per heavy atom. The van der Waals surface area contributed by atoms with Crippen molar-refractivity contribution in [2.75, 3.05) is 19.6 Å². The Hall–Kier alpha value is -1.35. The number of carbonyl (C=O) groups is 1. The summed E-state index contributed by atoms with van der Waals surface area (Å²) in [4.78, 5) is 14.3. The van der Waals surface area contributed by atoms with Gasteiger partial charge in [-0.1, -0.05) is 30.3 Å². The van der Waals surface area contributed by atoms with Gasteiger partial charge in [0.15, 0.2) is 0 Å². The summed E-state index contributed by atoms with van der Waals surface area (Å²) in [5.41, 5.74) is 1.97. The molecule has 1 amide bonds. The van der Waals surface area contributed by atoms with Crippen molar-refractivity contribution in [3.63, 3.8) is 0 Å². The Balaban J connectivity index is 1.60. The lowest BCUT2D eigenvalue weighted by molar-refractivity contribution is -0.120. The predicted molar refractivity (Wildman–Crippen MR) is 82.8 cm³/mol. The summed E-state index contributed by atoms with van der Waals surface area (Å²) >= 11 is 0. The summed E-state index contributed by atoms with van der Waals surface area (Å²) in [5, 5.41) is 3.05. The van der Waals surface area contributed by atoms with E-state index in [9.17, 15) is 4.79 Å². The molecule has 0 unspecified atom stereocenters. The second-order valence-corrected chi connectivity index (χ2v) is 7.19. The zero-order valence-corrected chi connectivity index (χ0v) is 12.6. The van der Waals surface area contributed by atoms with Crippen molar-refractivity contribution in [1.29, 1.82) is 0 Å². The normalized spacial score (nSPS) is 36.5. The second kappa shape index (κ2) is 4.84. The molecule has 1 N–H and O–H groups in total. The average molecular weight is 284 g/mol. The molecule has 2 aliphatic heterocycles. The first-order valence-electron chi connectivity index (χ1n) is 8.30. The first-order valence-corrected chi connectivity index (χ1v) is 8.30. The van der Waals surface area contributed by atoms with Crippen molar-refractivity contribution in [2.24, 2.45) is 5.41 Å². The fraction of sp³-hybridized carbons (Fsp3) is 0.611. The average Bonchev–Trinajstić information content (AvgIpc) is 2.82. The maximum atomic E-state index is 11.6. The van der Waals surface area contributed by atoms with Crippen LogP contribution in [0.5, 0.6) is 0 Å². The van der Waals surface area contributed by atoms with Gasteiger partial charge < -0.3 is 5.32 Å². The third kappa shape index (κ3) is 2.10. The van der Waals surface area contributed by atoms with Crippen molar-refractivity contribution in [1.82, 2.24) is 10.2 Å². The summed E-state index contributed by atoms with van der Waals surface area (Å²) in [6.45, 7) is 3.37. The molecule has 3 aliphatic rings. The predicted octanol–water partition coefficient (Wildman–Crippen LogP) is 2.67. The molecule has 3 fully saturated rings. The van der Waals surface area contributed by atoms with Crippen LogP contribution in [0.15, 0.2) is 30.3 Å². The molecule has 1 aromatic carbocycles. The lowest BCUT2D eigenvalue weighted by Gasteiger charge is -2.54. The summed E-state index contributed by atoms with van der Waals surface area (Å²) in [7, 11) is 0. The van der Waals surface area contributed by atoms with Gasteiger partial charge in [-0.2, -0.15) is 0 Å². The standard InChI is InChI=1S/C18H24N2O/c21-16-13-17(14-19-16)7-9-18(10-8-17,20-11-4-12-20)15-5-2-1-3-6-15/h1-3,5-6H,4,7-14H2,(H,19,21). The number of hydrogen-bond acceptors (Lipinski definition) is 2. The molecule has 3 nitrogen and oxygen atoms in total. The lowest BCUT2D eigenvalue weighted by Crippen LogP contribution is -2.55. The van der Waals surface area contributed by atoms with Crippen LogP contribution in [-0.4, -0.2) is 30.4 Å². The van der Waals surface area contributed by atoms with Crippen LogP contribution in [0.1, 0.15) is 44.1 Å². The van der Waals surface area contributed by atoms with E-state index < -0.39 is 0 Å². The van der Waals surface area contributed by atoms with E-state index in [0.717, 1.165) is 13.0 Å². The van der Waals surface area contributed by atoms with Gasteiger partial charge in [0, 0.05) is 31.6 Å². The fourth-order valence-corrected chi connectivity index (χ4v) is 4.58. The van der Waals surface area contributed by atoms with Gasteiger partial charge in [-0.15, -0.1) is 0 Å². The van der Waals surface area contributed by atoms with Gasteiger partial charge in [0.1, 0.15) is 0 Å². The molecule has 4 rings (SSSR count). The minimum Gasteiger partial charge on any atom is -0.356 e. The zero-order valence-electron chi connectivity index (χ0n) is 12.6. The number of rotatable bonds is 2. The maximum absolute atomic E-state index is 11.6. The number of likely N-dealkylation sites (tertiary alicyclic amines) is 1. The van der Waals surface area contributed by atoms with Crippen molar-refractivity contribution in [3.05, 3.63) is 35.9 Å². The Kier molecular flexibility index (Phi) is 3.07. The molecule has 3 heteroatoms. The molecule has 2 saturated heterocycles. The first kappa shape index (κ1) is 13.3. The van der Waals surface area contributed by atoms with Crippen molar-refractivity contribution in [2.45, 2.75) is 44.1 Å². The molecular formula is C18H24N2O. The highest BCUT2D eigenvalue weighted by molar-refractivity contribution is 5.79. The van der Waals surface area contributed by atoms with Crippen molar-refractivity contribution in [3.8, 4) is 0 Å². The van der Waals surface area contributed by atoms with Crippen molar-refractivity contribution < 1.29 is 4.79 Å². The molecule has 1 spiro atoms. The Bertz CT molecular complexity index is 527. The molecule has 0 radical (unpaired) electrons. The van der Waals surface area contributed by atoms with Crippen LogP contribution < -0.4 is 5.32 Å². The van der Waals surface area contributed by atoms with E-state index in [4.69, 9.17) is 0 Å². The molecule has 0 atom stereocenters. The number of nitrogens with one attached hydrogen (secondary N) is 1. The molecule has 1 aromatic rings. The fourth-order valence-electron chi connectivity index (χ4n) is 4.58. The van der Waals surface area contributed by atoms with Gasteiger partial charge in [-0.3, -0.25) is 9.69 Å². The van der Waals surface area contributed by atoms with Crippen LogP contribution in [0.4, 0.5) is 0 Å². The topological polar surface area (TPSA) is 32.3 Å². The molecule has 0 bridgehead atoms. The van der Waals surface area contributed by atoms with Crippen LogP contribution in [0.25, 0.3) is 0 Å². The second-order valence-electron chi connectivity index (χ2n) is 7.19. The van der Waals surface area contributed by atoms with Gasteiger partial charge in [0.25, 0.3) is 0 Å². The molecular weight excluding hydrogens is 260 g/mol. The van der Waals surface area contributed by atoms with E-state index in [-0.39, 0.29) is 16.9 Å². The molecule has 0 aromatic heterocycles. The van der Waals surface area contributed by atoms with Crippen LogP contribution in [-0.2, 0) is 10.3 Å². The maximum Gasteiger partial charge on any atom is 0.220 e. The number of hydrogen-bond donors (Lipinski definition) is 1. The molecule has 1 aliphatic carbocycles. The highest BCUT2D eigenvalue weighted by Gasteiger charge is 2.50. The summed E-state index contributed by atoms with van der Waals surface area (Å²) in [6.07, 6.45) is 6.84. The van der Waals surface area contributed by atoms with Gasteiger partial charge in [-0.05, 0) is 43.1 Å². The number of benzene rings is 1. The lowest BCUT2D eigenvalue weighted by atomic mass is 9.63. The first-order chi connectivity index (χ1) is 10.2. The largest absolute Gasteiger partial charge is 0.356 e. The number of carbonyl (C=O) groups excluding carboxylic acids is 1. The monoisotopic (exact) mass is 284 g/mol. The number of amides is 1. The van der Waals surface area contributed by atoms with Crippen LogP contribution in [0, 0.1) is 5.41 Å². The van der Waals surface area contributed by atoms with Gasteiger partial charge in [-0.25, -0.2) is 0 Å². The minimum absolute atomic E-state index is 0.233. The van der Waals surface area contributed by atoms with Crippen LogP contribution in [0.2, 0.25) is 0 Å². The third-order valence-electron chi connectivity index (χ3n) is 6.11. The smallest absolute Gasteiger partial charge is 0.220 e. The van der Waals surface area contributed by atoms with Gasteiger partial charge in [0.2, 0.25) is 5.91 Å². The number of nitrogens with zero attached hydrogens (tertiary/aromatic N) is 1. The molecule has 112 valence electrons. The van der Waals surface area contributed by atoms with Gasteiger partial charge in [0.05, 0.1) is 0 Å². The van der Waals surface area contributed by atoms with E-state index in [1.54, 1.807) is 0 Å². The third-order valence-corrected chi connectivity index (χ3v) is 6.11. The molecule has 1 saturated carbocycles. The van der Waals surface area contributed by atoms with Crippen LogP contribution >= 0.6 is 0 Å². The SMILES string of the molecule is O=C1CC2(CCC(c3ccccc3)(N3CCC3)CC2)CN1. The highest BCUT2D eigenvalue weighted by Crippen LogP contribution is 2.52. The van der Waals surface area contributed by atoms with Gasteiger partial charge >= 0.3 is 0 Å². The summed E-state index contributed by atoms with van der Waals surface area (Å²) < 4.78 is 0. The minimum atomic E-state index is 0.233. The highest BCUT2D eigenvalue weighted by atomic mass is 16.1. The quantitative estimate of drug-likeness (QED) is 0.905. The van der Waals surface area contributed by atoms with E-state index in [2.05, 4.69) is 40.5 Å². The Labute approximate surface area is 126 Å². The molecule has 2 heterocycles. The van der Waals surface area contributed by atoms with Crippen LogP contribution in [0.3, 0.4) is 0 Å².